The lowest BCUT2D eigenvalue weighted by molar-refractivity contribution is -0.128. The van der Waals surface area contributed by atoms with Crippen LogP contribution in [0.3, 0.4) is 0 Å². The maximum atomic E-state index is 12.0. The van der Waals surface area contributed by atoms with Gasteiger partial charge in [-0.1, -0.05) is 30.3 Å². The molecule has 3 heterocycles. The van der Waals surface area contributed by atoms with E-state index in [4.69, 9.17) is 0 Å². The SMILES string of the molecule is CN=C(NCc1ccccc1CN1CCCC1=O)NCC(c1cccs1)N1CCCC1. The van der Waals surface area contributed by atoms with E-state index in [-0.39, 0.29) is 5.91 Å². The number of guanidine groups is 1. The summed E-state index contributed by atoms with van der Waals surface area (Å²) in [7, 11) is 1.82. The first-order chi connectivity index (χ1) is 15.2. The van der Waals surface area contributed by atoms with Gasteiger partial charge in [-0.25, -0.2) is 0 Å². The van der Waals surface area contributed by atoms with Crippen molar-refractivity contribution >= 4 is 23.2 Å². The van der Waals surface area contributed by atoms with Crippen LogP contribution in [-0.2, 0) is 17.9 Å². The van der Waals surface area contributed by atoms with Gasteiger partial charge in [0, 0.05) is 44.5 Å². The van der Waals surface area contributed by atoms with Gasteiger partial charge in [-0.2, -0.15) is 0 Å². The van der Waals surface area contributed by atoms with E-state index < -0.39 is 0 Å². The average molecular weight is 440 g/mol. The Balaban J connectivity index is 1.35. The van der Waals surface area contributed by atoms with Crippen molar-refractivity contribution in [1.29, 1.82) is 0 Å². The van der Waals surface area contributed by atoms with Crippen LogP contribution in [-0.4, -0.2) is 54.9 Å². The Hall–Kier alpha value is -2.38. The molecule has 2 saturated heterocycles. The molecule has 2 aliphatic rings. The van der Waals surface area contributed by atoms with Crippen LogP contribution in [0, 0.1) is 0 Å². The van der Waals surface area contributed by atoms with Crippen LogP contribution in [0.4, 0.5) is 0 Å². The normalized spacial score (nSPS) is 18.5. The fraction of sp³-hybridized carbons (Fsp3) is 0.500. The molecule has 1 aromatic heterocycles. The maximum absolute atomic E-state index is 12.0. The van der Waals surface area contributed by atoms with Gasteiger partial charge < -0.3 is 15.5 Å². The second-order valence-electron chi connectivity index (χ2n) is 8.27. The highest BCUT2D eigenvalue weighted by atomic mass is 32.1. The van der Waals surface area contributed by atoms with Gasteiger partial charge in [0.05, 0.1) is 6.04 Å². The smallest absolute Gasteiger partial charge is 0.222 e. The van der Waals surface area contributed by atoms with Crippen molar-refractivity contribution in [3.8, 4) is 0 Å². The second-order valence-corrected chi connectivity index (χ2v) is 9.25. The van der Waals surface area contributed by atoms with Crippen molar-refractivity contribution in [3.63, 3.8) is 0 Å². The Morgan fingerprint density at radius 1 is 1.06 bits per heavy atom. The molecule has 2 aliphatic heterocycles. The predicted octanol–water partition coefficient (Wildman–Crippen LogP) is 3.37. The number of benzene rings is 1. The summed E-state index contributed by atoms with van der Waals surface area (Å²) in [6, 6.07) is 13.1. The molecule has 1 amide bonds. The van der Waals surface area contributed by atoms with Crippen molar-refractivity contribution in [2.24, 2.45) is 4.99 Å². The number of nitrogens with zero attached hydrogens (tertiary/aromatic N) is 3. The van der Waals surface area contributed by atoms with E-state index in [2.05, 4.69) is 56.2 Å². The van der Waals surface area contributed by atoms with Gasteiger partial charge in [-0.15, -0.1) is 11.3 Å². The molecule has 2 fully saturated rings. The summed E-state index contributed by atoms with van der Waals surface area (Å²) in [6.07, 6.45) is 4.22. The number of aliphatic imine (C=N–C) groups is 1. The van der Waals surface area contributed by atoms with Crippen LogP contribution < -0.4 is 10.6 Å². The molecule has 166 valence electrons. The first-order valence-electron chi connectivity index (χ1n) is 11.3. The molecule has 0 bridgehead atoms. The molecule has 4 rings (SSSR count). The Bertz CT molecular complexity index is 876. The standard InChI is InChI=1S/C24H33N5OS/c1-25-24(27-17-21(22-10-7-15-31-22)28-12-4-5-13-28)26-16-19-8-2-3-9-20(19)18-29-14-6-11-23(29)30/h2-3,7-10,15,21H,4-6,11-14,16-18H2,1H3,(H2,25,26,27). The lowest BCUT2D eigenvalue weighted by atomic mass is 10.1. The van der Waals surface area contributed by atoms with E-state index in [1.165, 1.54) is 41.9 Å². The van der Waals surface area contributed by atoms with Crippen molar-refractivity contribution < 1.29 is 4.79 Å². The zero-order valence-corrected chi connectivity index (χ0v) is 19.2. The molecule has 1 unspecified atom stereocenters. The van der Waals surface area contributed by atoms with Gasteiger partial charge >= 0.3 is 0 Å². The van der Waals surface area contributed by atoms with Crippen LogP contribution in [0.1, 0.15) is 47.7 Å². The fourth-order valence-corrected chi connectivity index (χ4v) is 5.36. The van der Waals surface area contributed by atoms with Crippen LogP contribution in [0.2, 0.25) is 0 Å². The van der Waals surface area contributed by atoms with Crippen LogP contribution in [0.5, 0.6) is 0 Å². The molecule has 31 heavy (non-hydrogen) atoms. The number of nitrogens with one attached hydrogen (secondary N) is 2. The van der Waals surface area contributed by atoms with Gasteiger partial charge in [0.2, 0.25) is 5.91 Å². The summed E-state index contributed by atoms with van der Waals surface area (Å²) >= 11 is 1.83. The highest BCUT2D eigenvalue weighted by Gasteiger charge is 2.24. The van der Waals surface area contributed by atoms with Gasteiger partial charge in [-0.3, -0.25) is 14.7 Å². The highest BCUT2D eigenvalue weighted by Crippen LogP contribution is 2.27. The molecule has 2 N–H and O–H groups in total. The Morgan fingerprint density at radius 2 is 1.87 bits per heavy atom. The lowest BCUT2D eigenvalue weighted by Gasteiger charge is -2.27. The maximum Gasteiger partial charge on any atom is 0.222 e. The van der Waals surface area contributed by atoms with Gasteiger partial charge in [-0.05, 0) is 54.9 Å². The Morgan fingerprint density at radius 3 is 2.55 bits per heavy atom. The average Bonchev–Trinajstić information content (AvgIpc) is 3.56. The Labute approximate surface area is 189 Å². The summed E-state index contributed by atoms with van der Waals surface area (Å²) in [5.41, 5.74) is 2.41. The minimum atomic E-state index is 0.266. The fourth-order valence-electron chi connectivity index (χ4n) is 4.50. The van der Waals surface area contributed by atoms with E-state index >= 15 is 0 Å². The van der Waals surface area contributed by atoms with Gasteiger partial charge in [0.1, 0.15) is 0 Å². The molecule has 0 saturated carbocycles. The summed E-state index contributed by atoms with van der Waals surface area (Å²) in [5, 5.41) is 9.18. The molecule has 0 aliphatic carbocycles. The van der Waals surface area contributed by atoms with E-state index in [0.717, 1.165) is 25.5 Å². The third kappa shape index (κ3) is 5.66. The molecule has 2 aromatic rings. The van der Waals surface area contributed by atoms with Gasteiger partial charge in [0.15, 0.2) is 5.96 Å². The van der Waals surface area contributed by atoms with Crippen molar-refractivity contribution in [2.75, 3.05) is 33.2 Å². The van der Waals surface area contributed by atoms with Crippen LogP contribution >= 0.6 is 11.3 Å². The number of hydrogen-bond donors (Lipinski definition) is 2. The Kier molecular flexibility index (Phi) is 7.59. The zero-order valence-electron chi connectivity index (χ0n) is 18.3. The zero-order chi connectivity index (χ0) is 21.5. The summed E-state index contributed by atoms with van der Waals surface area (Å²) in [4.78, 5) is 22.4. The number of carbonyl (C=O) groups is 1. The summed E-state index contributed by atoms with van der Waals surface area (Å²) < 4.78 is 0. The van der Waals surface area contributed by atoms with Crippen LogP contribution in [0.15, 0.2) is 46.8 Å². The summed E-state index contributed by atoms with van der Waals surface area (Å²) in [5.74, 6) is 1.08. The molecule has 6 nitrogen and oxygen atoms in total. The van der Waals surface area contributed by atoms with E-state index in [1.54, 1.807) is 0 Å². The van der Waals surface area contributed by atoms with E-state index in [1.807, 2.05) is 29.4 Å². The summed E-state index contributed by atoms with van der Waals surface area (Å²) in [6.45, 7) is 5.41. The molecule has 1 atom stereocenters. The molecule has 7 heteroatoms. The molecule has 0 radical (unpaired) electrons. The van der Waals surface area contributed by atoms with Gasteiger partial charge in [0.25, 0.3) is 0 Å². The molecular formula is C24H33N5OS. The first kappa shape index (κ1) is 21.8. The largest absolute Gasteiger partial charge is 0.354 e. The number of rotatable bonds is 8. The van der Waals surface area contributed by atoms with Crippen LogP contribution in [0.25, 0.3) is 0 Å². The quantitative estimate of drug-likeness (QED) is 0.489. The lowest BCUT2D eigenvalue weighted by Crippen LogP contribution is -2.42. The van der Waals surface area contributed by atoms with E-state index in [9.17, 15) is 4.79 Å². The third-order valence-electron chi connectivity index (χ3n) is 6.24. The predicted molar refractivity (Wildman–Crippen MR) is 127 cm³/mol. The molecular weight excluding hydrogens is 406 g/mol. The topological polar surface area (TPSA) is 60.0 Å². The number of likely N-dealkylation sites (tertiary alicyclic amines) is 2. The molecule has 1 aromatic carbocycles. The van der Waals surface area contributed by atoms with Crippen molar-refractivity contribution in [3.05, 3.63) is 57.8 Å². The number of thiophene rings is 1. The number of hydrogen-bond acceptors (Lipinski definition) is 4. The minimum absolute atomic E-state index is 0.266. The highest BCUT2D eigenvalue weighted by molar-refractivity contribution is 7.10. The number of amides is 1. The minimum Gasteiger partial charge on any atom is -0.354 e. The first-order valence-corrected chi connectivity index (χ1v) is 12.2. The van der Waals surface area contributed by atoms with E-state index in [0.29, 0.717) is 25.6 Å². The second kappa shape index (κ2) is 10.8. The third-order valence-corrected chi connectivity index (χ3v) is 7.21. The number of carbonyl (C=O) groups excluding carboxylic acids is 1. The monoisotopic (exact) mass is 439 g/mol. The molecule has 0 spiro atoms. The van der Waals surface area contributed by atoms with Crippen molar-refractivity contribution in [1.82, 2.24) is 20.4 Å². The van der Waals surface area contributed by atoms with Crippen molar-refractivity contribution in [2.45, 2.75) is 44.8 Å².